The summed E-state index contributed by atoms with van der Waals surface area (Å²) in [6, 6.07) is 0. The van der Waals surface area contributed by atoms with Crippen molar-refractivity contribution in [3.8, 4) is 0 Å². The van der Waals surface area contributed by atoms with E-state index < -0.39 is 5.79 Å². The summed E-state index contributed by atoms with van der Waals surface area (Å²) in [5.74, 6) is -0.748. The average Bonchev–Trinajstić information content (AvgIpc) is 2.04. The molecule has 2 rings (SSSR count). The normalized spacial score (nSPS) is 29.8. The molecule has 0 spiro atoms. The molecule has 1 aliphatic carbocycles. The minimum absolute atomic E-state index is 0.288. The predicted octanol–water partition coefficient (Wildman–Crippen LogP) is 0.627. The zero-order chi connectivity index (χ0) is 8.44. The maximum absolute atomic E-state index is 9.72. The highest BCUT2D eigenvalue weighted by Crippen LogP contribution is 2.34. The summed E-state index contributed by atoms with van der Waals surface area (Å²) < 4.78 is 5.63. The molecule has 0 atom stereocenters. The summed E-state index contributed by atoms with van der Waals surface area (Å²) >= 11 is 0. The van der Waals surface area contributed by atoms with E-state index in [1.807, 2.05) is 0 Å². The predicted molar refractivity (Wildman–Crippen MR) is 45.8 cm³/mol. The van der Waals surface area contributed by atoms with Crippen molar-refractivity contribution >= 4 is 0 Å². The Morgan fingerprint density at radius 1 is 1.25 bits per heavy atom. The summed E-state index contributed by atoms with van der Waals surface area (Å²) in [6.45, 7) is 2.06. The zero-order valence-electron chi connectivity index (χ0n) is 7.38. The second-order valence-corrected chi connectivity index (χ2v) is 3.87. The van der Waals surface area contributed by atoms with Gasteiger partial charge in [0.25, 0.3) is 0 Å². The van der Waals surface area contributed by atoms with Crippen LogP contribution in [0.1, 0.15) is 32.1 Å². The van der Waals surface area contributed by atoms with Crippen molar-refractivity contribution in [2.45, 2.75) is 44.0 Å². The molecule has 0 bridgehead atoms. The van der Waals surface area contributed by atoms with Crippen LogP contribution in [0.15, 0.2) is 0 Å². The lowest BCUT2D eigenvalue weighted by atomic mass is 9.91. The van der Waals surface area contributed by atoms with E-state index in [2.05, 4.69) is 5.32 Å². The van der Waals surface area contributed by atoms with Gasteiger partial charge in [-0.05, 0) is 32.4 Å². The van der Waals surface area contributed by atoms with E-state index in [-0.39, 0.29) is 6.10 Å². The summed E-state index contributed by atoms with van der Waals surface area (Å²) in [5.41, 5.74) is 0. The Balaban J connectivity index is 1.77. The minimum atomic E-state index is -0.748. The molecule has 0 amide bonds. The molecular weight excluding hydrogens is 154 g/mol. The van der Waals surface area contributed by atoms with Gasteiger partial charge in [-0.25, -0.2) is 0 Å². The Hall–Kier alpha value is -0.120. The first-order valence-corrected chi connectivity index (χ1v) is 4.89. The number of piperidine rings is 1. The fourth-order valence-corrected chi connectivity index (χ4v) is 1.82. The molecular formula is C9H17NO2. The van der Waals surface area contributed by atoms with E-state index in [4.69, 9.17) is 4.74 Å². The van der Waals surface area contributed by atoms with E-state index in [1.54, 1.807) is 0 Å². The molecule has 0 aromatic rings. The van der Waals surface area contributed by atoms with Crippen LogP contribution in [0.2, 0.25) is 0 Å². The highest BCUT2D eigenvalue weighted by atomic mass is 16.6. The van der Waals surface area contributed by atoms with Crippen LogP contribution in [-0.4, -0.2) is 30.1 Å². The third-order valence-corrected chi connectivity index (χ3v) is 2.81. The van der Waals surface area contributed by atoms with Crippen LogP contribution >= 0.6 is 0 Å². The largest absolute Gasteiger partial charge is 0.365 e. The molecule has 0 unspecified atom stereocenters. The van der Waals surface area contributed by atoms with Crippen molar-refractivity contribution < 1.29 is 9.84 Å². The average molecular weight is 171 g/mol. The fourth-order valence-electron chi connectivity index (χ4n) is 1.82. The molecule has 1 saturated heterocycles. The van der Waals surface area contributed by atoms with Gasteiger partial charge in [0.15, 0.2) is 5.79 Å². The number of aliphatic hydroxyl groups is 1. The maximum atomic E-state index is 9.72. The van der Waals surface area contributed by atoms with Crippen LogP contribution in [0.5, 0.6) is 0 Å². The first-order chi connectivity index (χ1) is 5.79. The number of nitrogens with one attached hydrogen (secondary N) is 1. The van der Waals surface area contributed by atoms with E-state index in [0.29, 0.717) is 0 Å². The molecule has 0 aromatic heterocycles. The van der Waals surface area contributed by atoms with Crippen LogP contribution in [0.4, 0.5) is 0 Å². The molecule has 3 nitrogen and oxygen atoms in total. The molecule has 0 aromatic carbocycles. The topological polar surface area (TPSA) is 41.5 Å². The molecule has 1 aliphatic heterocycles. The fraction of sp³-hybridized carbons (Fsp3) is 1.00. The second kappa shape index (κ2) is 3.32. The Morgan fingerprint density at radius 2 is 1.92 bits per heavy atom. The van der Waals surface area contributed by atoms with Gasteiger partial charge in [-0.3, -0.25) is 0 Å². The smallest absolute Gasteiger partial charge is 0.165 e. The Kier molecular flexibility index (Phi) is 2.35. The lowest BCUT2D eigenvalue weighted by Crippen LogP contribution is -2.45. The van der Waals surface area contributed by atoms with Gasteiger partial charge in [0.2, 0.25) is 0 Å². The Morgan fingerprint density at radius 3 is 2.42 bits per heavy atom. The third-order valence-electron chi connectivity index (χ3n) is 2.81. The molecule has 1 heterocycles. The van der Waals surface area contributed by atoms with Crippen molar-refractivity contribution in [1.29, 1.82) is 0 Å². The lowest BCUT2D eigenvalue weighted by molar-refractivity contribution is -0.272. The molecule has 3 heteroatoms. The monoisotopic (exact) mass is 171 g/mol. The number of rotatable bonds is 2. The highest BCUT2D eigenvalue weighted by Gasteiger charge is 2.37. The number of ether oxygens (including phenoxy) is 1. The van der Waals surface area contributed by atoms with Gasteiger partial charge in [0.1, 0.15) is 0 Å². The van der Waals surface area contributed by atoms with Gasteiger partial charge in [0.05, 0.1) is 6.10 Å². The van der Waals surface area contributed by atoms with E-state index in [0.717, 1.165) is 45.2 Å². The van der Waals surface area contributed by atoms with Crippen LogP contribution in [0.25, 0.3) is 0 Å². The summed E-state index contributed by atoms with van der Waals surface area (Å²) in [6.07, 6.45) is 5.15. The molecule has 70 valence electrons. The summed E-state index contributed by atoms with van der Waals surface area (Å²) in [7, 11) is 0. The number of hydrogen-bond donors (Lipinski definition) is 2. The molecule has 2 N–H and O–H groups in total. The van der Waals surface area contributed by atoms with Gasteiger partial charge in [0, 0.05) is 12.8 Å². The molecule has 2 fully saturated rings. The summed E-state index contributed by atoms with van der Waals surface area (Å²) in [5, 5.41) is 13.0. The van der Waals surface area contributed by atoms with Gasteiger partial charge < -0.3 is 15.2 Å². The molecule has 1 saturated carbocycles. The molecule has 12 heavy (non-hydrogen) atoms. The SMILES string of the molecule is OC1(OC2CCNCC2)CCC1. The Bertz CT molecular complexity index is 151. The maximum Gasteiger partial charge on any atom is 0.165 e. The van der Waals surface area contributed by atoms with Crippen molar-refractivity contribution in [3.05, 3.63) is 0 Å². The van der Waals surface area contributed by atoms with E-state index >= 15 is 0 Å². The first-order valence-electron chi connectivity index (χ1n) is 4.89. The van der Waals surface area contributed by atoms with Gasteiger partial charge in [-0.1, -0.05) is 0 Å². The van der Waals surface area contributed by atoms with E-state index in [1.165, 1.54) is 0 Å². The van der Waals surface area contributed by atoms with Crippen molar-refractivity contribution in [1.82, 2.24) is 5.32 Å². The quantitative estimate of drug-likeness (QED) is 0.599. The molecule has 0 radical (unpaired) electrons. The number of hydrogen-bond acceptors (Lipinski definition) is 3. The van der Waals surface area contributed by atoms with Crippen molar-refractivity contribution in [2.24, 2.45) is 0 Å². The lowest BCUT2D eigenvalue weighted by Gasteiger charge is -2.40. The highest BCUT2D eigenvalue weighted by molar-refractivity contribution is 4.81. The van der Waals surface area contributed by atoms with Crippen LogP contribution in [0.3, 0.4) is 0 Å². The standard InChI is InChI=1S/C9H17NO2/c11-9(4-1-5-9)12-8-2-6-10-7-3-8/h8,10-11H,1-7H2. The Labute approximate surface area is 73.1 Å². The van der Waals surface area contributed by atoms with Gasteiger partial charge >= 0.3 is 0 Å². The minimum Gasteiger partial charge on any atom is -0.365 e. The van der Waals surface area contributed by atoms with Crippen molar-refractivity contribution in [3.63, 3.8) is 0 Å². The third kappa shape index (κ3) is 1.79. The van der Waals surface area contributed by atoms with Gasteiger partial charge in [-0.15, -0.1) is 0 Å². The summed E-state index contributed by atoms with van der Waals surface area (Å²) in [4.78, 5) is 0. The van der Waals surface area contributed by atoms with Crippen LogP contribution in [-0.2, 0) is 4.74 Å². The van der Waals surface area contributed by atoms with Gasteiger partial charge in [-0.2, -0.15) is 0 Å². The van der Waals surface area contributed by atoms with Crippen LogP contribution in [0, 0.1) is 0 Å². The van der Waals surface area contributed by atoms with Crippen molar-refractivity contribution in [2.75, 3.05) is 13.1 Å². The first kappa shape index (κ1) is 8.48. The van der Waals surface area contributed by atoms with Crippen LogP contribution < -0.4 is 5.32 Å². The second-order valence-electron chi connectivity index (χ2n) is 3.87. The molecule has 2 aliphatic rings. The zero-order valence-corrected chi connectivity index (χ0v) is 7.38. The van der Waals surface area contributed by atoms with E-state index in [9.17, 15) is 5.11 Å².